The van der Waals surface area contributed by atoms with Gasteiger partial charge in [-0.2, -0.15) is 8.42 Å². The molecule has 0 rings (SSSR count). The van der Waals surface area contributed by atoms with Crippen LogP contribution in [-0.4, -0.2) is 49.4 Å². The quantitative estimate of drug-likeness (QED) is 0.444. The number of nitrogens with zero attached hydrogens (tertiary/aromatic N) is 1. The second-order valence-electron chi connectivity index (χ2n) is 4.31. The molecule has 106 valence electrons. The molecule has 18 heavy (non-hydrogen) atoms. The number of hydrogen-bond donors (Lipinski definition) is 1. The standard InChI is InChI=1S/C11H21NO5S/c1-6-10(18(14,15)16)17-11(13)8(2)7-9(3)12(4)5/h7,9-10H,6H2,1-5H3,(H,14,15,16). The summed E-state index contributed by atoms with van der Waals surface area (Å²) in [5.74, 6) is -0.742. The van der Waals surface area contributed by atoms with Crippen LogP contribution in [0.25, 0.3) is 0 Å². The Labute approximate surface area is 108 Å². The molecule has 0 fully saturated rings. The van der Waals surface area contributed by atoms with E-state index in [-0.39, 0.29) is 12.5 Å². The normalized spacial score (nSPS) is 16.5. The van der Waals surface area contributed by atoms with Gasteiger partial charge in [-0.15, -0.1) is 0 Å². The van der Waals surface area contributed by atoms with E-state index in [4.69, 9.17) is 9.29 Å². The van der Waals surface area contributed by atoms with Crippen LogP contribution in [0.15, 0.2) is 11.6 Å². The summed E-state index contributed by atoms with van der Waals surface area (Å²) in [5, 5.41) is 0. The third kappa shape index (κ3) is 5.61. The molecule has 0 aromatic rings. The number of carbonyl (C=O) groups excluding carboxylic acids is 1. The van der Waals surface area contributed by atoms with Crippen LogP contribution < -0.4 is 0 Å². The van der Waals surface area contributed by atoms with Gasteiger partial charge in [-0.1, -0.05) is 13.0 Å². The van der Waals surface area contributed by atoms with Gasteiger partial charge in [0.05, 0.1) is 0 Å². The first-order chi connectivity index (χ1) is 8.09. The largest absolute Gasteiger partial charge is 0.440 e. The third-order valence-electron chi connectivity index (χ3n) is 2.53. The Morgan fingerprint density at radius 3 is 2.28 bits per heavy atom. The van der Waals surface area contributed by atoms with Crippen LogP contribution in [0.1, 0.15) is 27.2 Å². The summed E-state index contributed by atoms with van der Waals surface area (Å²) in [6, 6.07) is 0.0170. The van der Waals surface area contributed by atoms with Gasteiger partial charge in [0, 0.05) is 11.6 Å². The lowest BCUT2D eigenvalue weighted by atomic mass is 10.2. The minimum Gasteiger partial charge on any atom is -0.440 e. The van der Waals surface area contributed by atoms with E-state index in [2.05, 4.69) is 0 Å². The minimum atomic E-state index is -4.37. The maximum atomic E-state index is 11.6. The average molecular weight is 279 g/mol. The Bertz CT molecular complexity index is 413. The molecule has 0 radical (unpaired) electrons. The molecule has 1 N–H and O–H groups in total. The topological polar surface area (TPSA) is 83.9 Å². The van der Waals surface area contributed by atoms with Gasteiger partial charge in [-0.05, 0) is 34.4 Å². The Balaban J connectivity index is 4.77. The monoisotopic (exact) mass is 279 g/mol. The second kappa shape index (κ2) is 6.86. The molecule has 0 aromatic carbocycles. The van der Waals surface area contributed by atoms with Crippen molar-refractivity contribution in [3.05, 3.63) is 11.6 Å². The molecular weight excluding hydrogens is 258 g/mol. The summed E-state index contributed by atoms with van der Waals surface area (Å²) in [6.45, 7) is 4.93. The molecule has 0 aromatic heterocycles. The molecule has 2 unspecified atom stereocenters. The number of rotatable bonds is 6. The maximum absolute atomic E-state index is 11.6. The molecule has 0 amide bonds. The van der Waals surface area contributed by atoms with Gasteiger partial charge in [0.2, 0.25) is 5.44 Å². The van der Waals surface area contributed by atoms with Crippen LogP contribution >= 0.6 is 0 Å². The number of likely N-dealkylation sites (N-methyl/N-ethyl adjacent to an activating group) is 1. The van der Waals surface area contributed by atoms with Crippen LogP contribution in [0, 0.1) is 0 Å². The predicted molar refractivity (Wildman–Crippen MR) is 68.6 cm³/mol. The van der Waals surface area contributed by atoms with Crippen LogP contribution in [0.4, 0.5) is 0 Å². The molecule has 0 aliphatic carbocycles. The molecule has 0 aliphatic rings. The number of carbonyl (C=O) groups is 1. The molecule has 7 heteroatoms. The van der Waals surface area contributed by atoms with Gasteiger partial charge in [0.1, 0.15) is 0 Å². The van der Waals surface area contributed by atoms with Crippen molar-refractivity contribution in [2.45, 2.75) is 38.7 Å². The van der Waals surface area contributed by atoms with Crippen LogP contribution in [0.3, 0.4) is 0 Å². The van der Waals surface area contributed by atoms with Crippen molar-refractivity contribution in [2.75, 3.05) is 14.1 Å². The van der Waals surface area contributed by atoms with Gasteiger partial charge in [-0.25, -0.2) is 4.79 Å². The Kier molecular flexibility index (Phi) is 6.51. The van der Waals surface area contributed by atoms with Crippen LogP contribution in [-0.2, 0) is 19.6 Å². The van der Waals surface area contributed by atoms with Crippen molar-refractivity contribution in [2.24, 2.45) is 0 Å². The molecular formula is C11H21NO5S. The lowest BCUT2D eigenvalue weighted by molar-refractivity contribution is -0.141. The zero-order chi connectivity index (χ0) is 14.5. The summed E-state index contributed by atoms with van der Waals surface area (Å²) >= 11 is 0. The first-order valence-corrected chi connectivity index (χ1v) is 7.12. The van der Waals surface area contributed by atoms with Gasteiger partial charge >= 0.3 is 16.1 Å². The first-order valence-electron chi connectivity index (χ1n) is 5.61. The van der Waals surface area contributed by atoms with Crippen molar-refractivity contribution >= 4 is 16.1 Å². The molecule has 2 atom stereocenters. The average Bonchev–Trinajstić information content (AvgIpc) is 2.23. The van der Waals surface area contributed by atoms with E-state index in [1.165, 1.54) is 6.92 Å². The zero-order valence-electron chi connectivity index (χ0n) is 11.4. The highest BCUT2D eigenvalue weighted by Crippen LogP contribution is 2.10. The van der Waals surface area contributed by atoms with Crippen molar-refractivity contribution in [3.8, 4) is 0 Å². The predicted octanol–water partition coefficient (Wildman–Crippen LogP) is 1.05. The van der Waals surface area contributed by atoms with Crippen molar-refractivity contribution in [3.63, 3.8) is 0 Å². The molecule has 0 aliphatic heterocycles. The molecule has 0 saturated heterocycles. The first kappa shape index (κ1) is 17.1. The van der Waals surface area contributed by atoms with E-state index in [0.29, 0.717) is 5.57 Å². The van der Waals surface area contributed by atoms with E-state index < -0.39 is 21.5 Å². The summed E-state index contributed by atoms with van der Waals surface area (Å²) in [5.41, 5.74) is -1.21. The highest BCUT2D eigenvalue weighted by atomic mass is 32.2. The van der Waals surface area contributed by atoms with Crippen molar-refractivity contribution < 1.29 is 22.5 Å². The molecule has 0 heterocycles. The van der Waals surface area contributed by atoms with E-state index in [1.807, 2.05) is 25.9 Å². The fourth-order valence-electron chi connectivity index (χ4n) is 1.15. The van der Waals surface area contributed by atoms with E-state index in [0.717, 1.165) is 0 Å². The van der Waals surface area contributed by atoms with E-state index >= 15 is 0 Å². The molecule has 6 nitrogen and oxygen atoms in total. The molecule has 0 bridgehead atoms. The van der Waals surface area contributed by atoms with Gasteiger partial charge in [-0.3, -0.25) is 4.55 Å². The summed E-state index contributed by atoms with van der Waals surface area (Å²) < 4.78 is 35.4. The number of esters is 1. The molecule has 0 saturated carbocycles. The Morgan fingerprint density at radius 2 is 1.94 bits per heavy atom. The lowest BCUT2D eigenvalue weighted by Crippen LogP contribution is -2.28. The highest BCUT2D eigenvalue weighted by molar-refractivity contribution is 7.86. The van der Waals surface area contributed by atoms with E-state index in [9.17, 15) is 13.2 Å². The SMILES string of the molecule is CCC(OC(=O)C(C)=CC(C)N(C)C)S(=O)(=O)O. The maximum Gasteiger partial charge on any atom is 0.334 e. The number of ether oxygens (including phenoxy) is 1. The molecule has 0 spiro atoms. The van der Waals surface area contributed by atoms with Crippen LogP contribution in [0.5, 0.6) is 0 Å². The third-order valence-corrected chi connectivity index (χ3v) is 3.63. The summed E-state index contributed by atoms with van der Waals surface area (Å²) in [4.78, 5) is 13.5. The van der Waals surface area contributed by atoms with Crippen LogP contribution in [0.2, 0.25) is 0 Å². The Hall–Kier alpha value is -0.920. The highest BCUT2D eigenvalue weighted by Gasteiger charge is 2.25. The van der Waals surface area contributed by atoms with Crippen molar-refractivity contribution in [1.82, 2.24) is 4.90 Å². The number of hydrogen-bond acceptors (Lipinski definition) is 5. The minimum absolute atomic E-state index is 0.00108. The van der Waals surface area contributed by atoms with Gasteiger partial charge < -0.3 is 9.64 Å². The second-order valence-corrected chi connectivity index (χ2v) is 5.87. The fraction of sp³-hybridized carbons (Fsp3) is 0.727. The van der Waals surface area contributed by atoms with Gasteiger partial charge in [0.15, 0.2) is 0 Å². The summed E-state index contributed by atoms with van der Waals surface area (Å²) in [7, 11) is -0.661. The van der Waals surface area contributed by atoms with E-state index in [1.54, 1.807) is 13.0 Å². The lowest BCUT2D eigenvalue weighted by Gasteiger charge is -2.17. The van der Waals surface area contributed by atoms with Crippen molar-refractivity contribution in [1.29, 1.82) is 0 Å². The zero-order valence-corrected chi connectivity index (χ0v) is 12.2. The Morgan fingerprint density at radius 1 is 1.44 bits per heavy atom. The summed E-state index contributed by atoms with van der Waals surface area (Å²) in [6.07, 6.45) is 1.67. The fourth-order valence-corrected chi connectivity index (χ4v) is 1.78. The smallest absolute Gasteiger partial charge is 0.334 e. The van der Waals surface area contributed by atoms with Gasteiger partial charge in [0.25, 0.3) is 0 Å².